The number of halogens is 5. The van der Waals surface area contributed by atoms with Gasteiger partial charge >= 0.3 is 11.4 Å². The van der Waals surface area contributed by atoms with Crippen LogP contribution in [0.4, 0.5) is 22.0 Å². The van der Waals surface area contributed by atoms with Crippen LogP contribution in [0.3, 0.4) is 0 Å². The van der Waals surface area contributed by atoms with E-state index in [1.807, 2.05) is 0 Å². The third-order valence-electron chi connectivity index (χ3n) is 3.71. The van der Waals surface area contributed by atoms with Crippen LogP contribution in [0.15, 0.2) is 0 Å². The fraction of sp³-hybridized carbons (Fsp3) is 1.00. The Bertz CT molecular complexity index is 433. The van der Waals surface area contributed by atoms with Crippen LogP contribution in [0.25, 0.3) is 0 Å². The molecule has 3 nitrogen and oxygen atoms in total. The van der Waals surface area contributed by atoms with Gasteiger partial charge in [0.05, 0.1) is 0 Å². The van der Waals surface area contributed by atoms with Gasteiger partial charge in [-0.3, -0.25) is 0 Å². The maximum absolute atomic E-state index is 12.8. The summed E-state index contributed by atoms with van der Waals surface area (Å²) in [5.74, 6) is 0.121. The molecule has 2 aliphatic rings. The monoisotopic (exact) mass is 293 g/mol. The second-order valence-corrected chi connectivity index (χ2v) is 6.67. The minimum atomic E-state index is -6.10. The first-order valence-corrected chi connectivity index (χ1v) is 6.99. The summed E-state index contributed by atoms with van der Waals surface area (Å²) in [5.41, 5.74) is 0. The molecule has 0 heterocycles. The van der Waals surface area contributed by atoms with E-state index in [9.17, 15) is 30.4 Å². The first-order chi connectivity index (χ1) is 8.04. The van der Waals surface area contributed by atoms with Gasteiger partial charge in [-0.25, -0.2) is 13.1 Å². The van der Waals surface area contributed by atoms with Gasteiger partial charge in [-0.05, 0) is 31.1 Å². The van der Waals surface area contributed by atoms with Crippen LogP contribution in [0.2, 0.25) is 0 Å². The molecule has 2 saturated carbocycles. The molecule has 0 amide bonds. The Kier molecular flexibility index (Phi) is 3.13. The van der Waals surface area contributed by atoms with E-state index in [0.29, 0.717) is 19.3 Å². The largest absolute Gasteiger partial charge is 0.470 e. The van der Waals surface area contributed by atoms with Gasteiger partial charge in [0.2, 0.25) is 0 Å². The number of sulfonamides is 1. The van der Waals surface area contributed by atoms with E-state index in [1.54, 1.807) is 0 Å². The lowest BCUT2D eigenvalue weighted by atomic mass is 9.96. The van der Waals surface area contributed by atoms with Crippen molar-refractivity contribution in [3.05, 3.63) is 0 Å². The molecular weight excluding hydrogens is 281 g/mol. The highest BCUT2D eigenvalue weighted by atomic mass is 32.2. The highest BCUT2D eigenvalue weighted by molar-refractivity contribution is 7.90. The molecule has 3 unspecified atom stereocenters. The lowest BCUT2D eigenvalue weighted by molar-refractivity contribution is -0.241. The molecule has 2 rings (SSSR count). The summed E-state index contributed by atoms with van der Waals surface area (Å²) in [6.07, 6.45) is -3.49. The normalized spacial score (nSPS) is 33.1. The maximum atomic E-state index is 12.8. The summed E-state index contributed by atoms with van der Waals surface area (Å²) < 4.78 is 85.6. The van der Waals surface area contributed by atoms with Crippen LogP contribution in [0.5, 0.6) is 0 Å². The summed E-state index contributed by atoms with van der Waals surface area (Å²) in [6, 6.07) is -0.790. The van der Waals surface area contributed by atoms with Crippen LogP contribution in [-0.4, -0.2) is 25.9 Å². The Morgan fingerprint density at radius 1 is 1.00 bits per heavy atom. The molecule has 0 aromatic carbocycles. The van der Waals surface area contributed by atoms with Crippen molar-refractivity contribution in [2.75, 3.05) is 0 Å². The number of hydrogen-bond acceptors (Lipinski definition) is 2. The molecule has 0 aliphatic heterocycles. The predicted molar refractivity (Wildman–Crippen MR) is 52.3 cm³/mol. The van der Waals surface area contributed by atoms with Crippen LogP contribution >= 0.6 is 0 Å². The van der Waals surface area contributed by atoms with E-state index >= 15 is 0 Å². The van der Waals surface area contributed by atoms with Crippen LogP contribution in [0, 0.1) is 11.8 Å². The fourth-order valence-corrected chi connectivity index (χ4v) is 3.95. The molecule has 0 spiro atoms. The summed E-state index contributed by atoms with van der Waals surface area (Å²) in [6.45, 7) is 0. The van der Waals surface area contributed by atoms with Crippen molar-refractivity contribution in [2.24, 2.45) is 11.8 Å². The molecular formula is C9H12F5NO2S. The quantitative estimate of drug-likeness (QED) is 0.811. The second kappa shape index (κ2) is 4.03. The number of rotatable bonds is 3. The molecule has 106 valence electrons. The van der Waals surface area contributed by atoms with Gasteiger partial charge < -0.3 is 0 Å². The van der Waals surface area contributed by atoms with Gasteiger partial charge in [0, 0.05) is 6.04 Å². The number of alkyl halides is 5. The second-order valence-electron chi connectivity index (χ2n) is 4.92. The molecule has 18 heavy (non-hydrogen) atoms. The predicted octanol–water partition coefficient (Wildman–Crippen LogP) is 2.25. The van der Waals surface area contributed by atoms with Crippen molar-refractivity contribution < 1.29 is 30.4 Å². The van der Waals surface area contributed by atoms with E-state index in [2.05, 4.69) is 0 Å². The molecule has 2 aliphatic carbocycles. The van der Waals surface area contributed by atoms with Crippen molar-refractivity contribution in [2.45, 2.75) is 43.2 Å². The Hall–Kier alpha value is -0.440. The molecule has 3 atom stereocenters. The topological polar surface area (TPSA) is 46.2 Å². The van der Waals surface area contributed by atoms with Gasteiger partial charge in [-0.2, -0.15) is 22.0 Å². The summed E-state index contributed by atoms with van der Waals surface area (Å²) >= 11 is 0. The van der Waals surface area contributed by atoms with E-state index in [1.165, 1.54) is 4.72 Å². The fourth-order valence-electron chi connectivity index (χ4n) is 2.81. The average molecular weight is 293 g/mol. The van der Waals surface area contributed by atoms with E-state index < -0.39 is 27.5 Å². The SMILES string of the molecule is O=S(=O)(NC1CC2CCC1C2)C(F)(F)C(F)(F)F. The molecule has 0 aromatic heterocycles. The number of fused-ring (bicyclic) bond motifs is 2. The molecule has 0 radical (unpaired) electrons. The van der Waals surface area contributed by atoms with Crippen LogP contribution in [-0.2, 0) is 10.0 Å². The lowest BCUT2D eigenvalue weighted by Crippen LogP contribution is -2.53. The molecule has 9 heteroatoms. The van der Waals surface area contributed by atoms with Gasteiger partial charge in [0.25, 0.3) is 10.0 Å². The Morgan fingerprint density at radius 3 is 2.00 bits per heavy atom. The summed E-state index contributed by atoms with van der Waals surface area (Å²) in [5, 5.41) is -5.75. The van der Waals surface area contributed by atoms with Crippen molar-refractivity contribution in [3.63, 3.8) is 0 Å². The van der Waals surface area contributed by atoms with Crippen molar-refractivity contribution >= 4 is 10.0 Å². The summed E-state index contributed by atoms with van der Waals surface area (Å²) in [7, 11) is -5.73. The minimum Gasteiger partial charge on any atom is -0.206 e. The molecule has 1 N–H and O–H groups in total. The summed E-state index contributed by atoms with van der Waals surface area (Å²) in [4.78, 5) is 0. The van der Waals surface area contributed by atoms with Crippen molar-refractivity contribution in [1.29, 1.82) is 0 Å². The zero-order chi connectivity index (χ0) is 13.8. The Labute approximate surface area is 101 Å². The van der Waals surface area contributed by atoms with Crippen LogP contribution < -0.4 is 4.72 Å². The third kappa shape index (κ3) is 2.11. The molecule has 0 aromatic rings. The van der Waals surface area contributed by atoms with Gasteiger partial charge in [-0.1, -0.05) is 6.42 Å². The van der Waals surface area contributed by atoms with E-state index in [-0.39, 0.29) is 11.8 Å². The lowest BCUT2D eigenvalue weighted by Gasteiger charge is -2.26. The first kappa shape index (κ1) is 14.0. The zero-order valence-electron chi connectivity index (χ0n) is 9.18. The Balaban J connectivity index is 2.13. The standard InChI is InChI=1S/C9H12F5NO2S/c10-8(11,12)9(13,14)18(16,17)15-7-4-5-1-2-6(7)3-5/h5-7,15H,1-4H2. The van der Waals surface area contributed by atoms with E-state index in [0.717, 1.165) is 6.42 Å². The van der Waals surface area contributed by atoms with Gasteiger partial charge in [0.15, 0.2) is 0 Å². The highest BCUT2D eigenvalue weighted by Gasteiger charge is 2.68. The molecule has 0 saturated heterocycles. The molecule has 2 fully saturated rings. The van der Waals surface area contributed by atoms with Crippen molar-refractivity contribution in [1.82, 2.24) is 4.72 Å². The Morgan fingerprint density at radius 2 is 1.61 bits per heavy atom. The van der Waals surface area contributed by atoms with Crippen molar-refractivity contribution in [3.8, 4) is 0 Å². The average Bonchev–Trinajstić information content (AvgIpc) is 2.76. The number of nitrogens with one attached hydrogen (secondary N) is 1. The maximum Gasteiger partial charge on any atom is 0.470 e. The minimum absolute atomic E-state index is 0.117. The number of hydrogen-bond donors (Lipinski definition) is 1. The van der Waals surface area contributed by atoms with E-state index in [4.69, 9.17) is 0 Å². The highest BCUT2D eigenvalue weighted by Crippen LogP contribution is 2.46. The zero-order valence-corrected chi connectivity index (χ0v) is 9.99. The van der Waals surface area contributed by atoms with Gasteiger partial charge in [-0.15, -0.1) is 0 Å². The third-order valence-corrected chi connectivity index (χ3v) is 5.23. The smallest absolute Gasteiger partial charge is 0.206 e. The first-order valence-electron chi connectivity index (χ1n) is 5.51. The van der Waals surface area contributed by atoms with Gasteiger partial charge in [0.1, 0.15) is 0 Å². The molecule has 2 bridgehead atoms. The van der Waals surface area contributed by atoms with Crippen LogP contribution in [0.1, 0.15) is 25.7 Å².